The third-order valence-corrected chi connectivity index (χ3v) is 4.74. The van der Waals surface area contributed by atoms with Crippen molar-refractivity contribution >= 4 is 11.4 Å². The average Bonchev–Trinajstić information content (AvgIpc) is 2.72. The van der Waals surface area contributed by atoms with E-state index in [1.165, 1.54) is 0 Å². The van der Waals surface area contributed by atoms with Gasteiger partial charge in [-0.2, -0.15) is 0 Å². The van der Waals surface area contributed by atoms with Crippen LogP contribution in [0.2, 0.25) is 0 Å². The molecule has 1 aliphatic heterocycles. The number of benzene rings is 2. The van der Waals surface area contributed by atoms with Gasteiger partial charge in [0.05, 0.1) is 18.6 Å². The van der Waals surface area contributed by atoms with Crippen molar-refractivity contribution in [1.29, 1.82) is 0 Å². The molecular formula is C20H25N3O4. The standard InChI is InChI=1S/C20H25N3O4/c1-26-17-7-9-18(10-8-17)27-16-4-11-21-12-14-22(15-13-21)19-5-2-3-6-20(19)23(24)25/h2-3,5-10H,4,11-16H2,1H3. The molecule has 3 rings (SSSR count). The van der Waals surface area contributed by atoms with Crippen LogP contribution in [0.1, 0.15) is 6.42 Å². The van der Waals surface area contributed by atoms with E-state index in [1.807, 2.05) is 36.4 Å². The van der Waals surface area contributed by atoms with Gasteiger partial charge in [0.2, 0.25) is 0 Å². The zero-order chi connectivity index (χ0) is 19.1. The van der Waals surface area contributed by atoms with E-state index in [0.717, 1.165) is 50.6 Å². The van der Waals surface area contributed by atoms with E-state index < -0.39 is 0 Å². The quantitative estimate of drug-likeness (QED) is 0.403. The summed E-state index contributed by atoms with van der Waals surface area (Å²) in [6, 6.07) is 14.5. The van der Waals surface area contributed by atoms with Crippen molar-refractivity contribution in [3.05, 3.63) is 58.6 Å². The highest BCUT2D eigenvalue weighted by Crippen LogP contribution is 2.28. The van der Waals surface area contributed by atoms with Crippen molar-refractivity contribution in [3.8, 4) is 11.5 Å². The maximum atomic E-state index is 11.2. The number of nitrogens with zero attached hydrogens (tertiary/aromatic N) is 3. The molecule has 1 fully saturated rings. The van der Waals surface area contributed by atoms with Crippen molar-refractivity contribution in [2.45, 2.75) is 6.42 Å². The predicted octanol–water partition coefficient (Wildman–Crippen LogP) is 3.19. The highest BCUT2D eigenvalue weighted by Gasteiger charge is 2.22. The van der Waals surface area contributed by atoms with Gasteiger partial charge in [0.15, 0.2) is 0 Å². The molecule has 1 saturated heterocycles. The van der Waals surface area contributed by atoms with E-state index in [0.29, 0.717) is 12.3 Å². The van der Waals surface area contributed by atoms with Gasteiger partial charge in [-0.15, -0.1) is 0 Å². The van der Waals surface area contributed by atoms with Gasteiger partial charge in [0, 0.05) is 38.8 Å². The van der Waals surface area contributed by atoms with Crippen LogP contribution in [0.4, 0.5) is 11.4 Å². The largest absolute Gasteiger partial charge is 0.497 e. The second-order valence-electron chi connectivity index (χ2n) is 6.45. The molecule has 0 saturated carbocycles. The summed E-state index contributed by atoms with van der Waals surface area (Å²) in [4.78, 5) is 15.4. The van der Waals surface area contributed by atoms with Crippen LogP contribution in [0, 0.1) is 10.1 Å². The Labute approximate surface area is 159 Å². The number of methoxy groups -OCH3 is 1. The van der Waals surface area contributed by atoms with Gasteiger partial charge in [-0.05, 0) is 36.8 Å². The molecule has 0 aromatic heterocycles. The maximum Gasteiger partial charge on any atom is 0.292 e. The zero-order valence-electron chi connectivity index (χ0n) is 15.5. The third kappa shape index (κ3) is 5.10. The van der Waals surface area contributed by atoms with Crippen molar-refractivity contribution in [3.63, 3.8) is 0 Å². The Hall–Kier alpha value is -2.80. The average molecular weight is 371 g/mol. The lowest BCUT2D eigenvalue weighted by molar-refractivity contribution is -0.384. The smallest absolute Gasteiger partial charge is 0.292 e. The van der Waals surface area contributed by atoms with Gasteiger partial charge >= 0.3 is 0 Å². The van der Waals surface area contributed by atoms with E-state index in [-0.39, 0.29) is 10.6 Å². The number of piperazine rings is 1. The molecule has 2 aromatic rings. The fourth-order valence-corrected chi connectivity index (χ4v) is 3.25. The van der Waals surface area contributed by atoms with Crippen LogP contribution in [-0.2, 0) is 0 Å². The Bertz CT molecular complexity index is 743. The molecule has 0 atom stereocenters. The van der Waals surface area contributed by atoms with Gasteiger partial charge in [-0.3, -0.25) is 15.0 Å². The van der Waals surface area contributed by atoms with Gasteiger partial charge in [-0.1, -0.05) is 12.1 Å². The Morgan fingerprint density at radius 2 is 1.67 bits per heavy atom. The minimum atomic E-state index is -0.307. The van der Waals surface area contributed by atoms with Crippen LogP contribution in [-0.4, -0.2) is 56.3 Å². The van der Waals surface area contributed by atoms with Crippen LogP contribution in [0.3, 0.4) is 0 Å². The van der Waals surface area contributed by atoms with Crippen LogP contribution < -0.4 is 14.4 Å². The Morgan fingerprint density at radius 3 is 2.33 bits per heavy atom. The van der Waals surface area contributed by atoms with Gasteiger partial charge < -0.3 is 14.4 Å². The fraction of sp³-hybridized carbons (Fsp3) is 0.400. The van der Waals surface area contributed by atoms with E-state index in [1.54, 1.807) is 19.2 Å². The first kappa shape index (κ1) is 19.0. The summed E-state index contributed by atoms with van der Waals surface area (Å²) in [5.41, 5.74) is 0.892. The summed E-state index contributed by atoms with van der Waals surface area (Å²) in [5.74, 6) is 1.66. The molecule has 0 amide bonds. The monoisotopic (exact) mass is 371 g/mol. The molecule has 0 aliphatic carbocycles. The van der Waals surface area contributed by atoms with Crippen molar-refractivity contribution in [2.75, 3.05) is 51.3 Å². The molecule has 27 heavy (non-hydrogen) atoms. The summed E-state index contributed by atoms with van der Waals surface area (Å²) >= 11 is 0. The molecule has 7 heteroatoms. The number of rotatable bonds is 8. The van der Waals surface area contributed by atoms with E-state index in [4.69, 9.17) is 9.47 Å². The van der Waals surface area contributed by atoms with Crippen LogP contribution in [0.15, 0.2) is 48.5 Å². The summed E-state index contributed by atoms with van der Waals surface area (Å²) in [5, 5.41) is 11.2. The van der Waals surface area contributed by atoms with Gasteiger partial charge in [0.25, 0.3) is 5.69 Å². The minimum absolute atomic E-state index is 0.179. The molecule has 7 nitrogen and oxygen atoms in total. The molecule has 0 bridgehead atoms. The number of nitro benzene ring substituents is 1. The second-order valence-corrected chi connectivity index (χ2v) is 6.45. The topological polar surface area (TPSA) is 68.1 Å². The number of anilines is 1. The SMILES string of the molecule is COc1ccc(OCCCN2CCN(c3ccccc3[N+](=O)[O-])CC2)cc1. The summed E-state index contributed by atoms with van der Waals surface area (Å²) in [6.45, 7) is 5.01. The van der Waals surface area contributed by atoms with E-state index in [2.05, 4.69) is 9.80 Å². The van der Waals surface area contributed by atoms with Crippen molar-refractivity contribution in [1.82, 2.24) is 4.90 Å². The van der Waals surface area contributed by atoms with E-state index in [9.17, 15) is 10.1 Å². The van der Waals surface area contributed by atoms with Crippen LogP contribution in [0.5, 0.6) is 11.5 Å². The van der Waals surface area contributed by atoms with E-state index >= 15 is 0 Å². The molecule has 0 N–H and O–H groups in total. The molecular weight excluding hydrogens is 346 g/mol. The number of para-hydroxylation sites is 2. The predicted molar refractivity (Wildman–Crippen MR) is 105 cm³/mol. The first-order valence-electron chi connectivity index (χ1n) is 9.15. The molecule has 144 valence electrons. The lowest BCUT2D eigenvalue weighted by atomic mass is 10.2. The zero-order valence-corrected chi connectivity index (χ0v) is 15.5. The number of nitro groups is 1. The number of hydrogen-bond donors (Lipinski definition) is 0. The molecule has 1 aliphatic rings. The number of ether oxygens (including phenoxy) is 2. The molecule has 0 spiro atoms. The molecule has 2 aromatic carbocycles. The lowest BCUT2D eigenvalue weighted by Gasteiger charge is -2.35. The second kappa shape index (κ2) is 9.23. The Kier molecular flexibility index (Phi) is 6.49. The Balaban J connectivity index is 1.40. The summed E-state index contributed by atoms with van der Waals surface area (Å²) < 4.78 is 10.9. The number of hydrogen-bond acceptors (Lipinski definition) is 6. The third-order valence-electron chi connectivity index (χ3n) is 4.74. The first-order chi connectivity index (χ1) is 13.2. The van der Waals surface area contributed by atoms with Gasteiger partial charge in [0.1, 0.15) is 17.2 Å². The minimum Gasteiger partial charge on any atom is -0.497 e. The molecule has 0 radical (unpaired) electrons. The summed E-state index contributed by atoms with van der Waals surface area (Å²) in [6.07, 6.45) is 0.942. The maximum absolute atomic E-state index is 11.2. The van der Waals surface area contributed by atoms with Crippen molar-refractivity contribution < 1.29 is 14.4 Å². The Morgan fingerprint density at radius 1 is 1.00 bits per heavy atom. The van der Waals surface area contributed by atoms with Crippen LogP contribution in [0.25, 0.3) is 0 Å². The molecule has 1 heterocycles. The van der Waals surface area contributed by atoms with Gasteiger partial charge in [-0.25, -0.2) is 0 Å². The molecule has 0 unspecified atom stereocenters. The first-order valence-corrected chi connectivity index (χ1v) is 9.15. The highest BCUT2D eigenvalue weighted by atomic mass is 16.6. The fourth-order valence-electron chi connectivity index (χ4n) is 3.25. The van der Waals surface area contributed by atoms with Crippen molar-refractivity contribution in [2.24, 2.45) is 0 Å². The van der Waals surface area contributed by atoms with Crippen LogP contribution >= 0.6 is 0 Å². The normalized spacial score (nSPS) is 14.8. The highest BCUT2D eigenvalue weighted by molar-refractivity contribution is 5.63. The lowest BCUT2D eigenvalue weighted by Crippen LogP contribution is -2.47. The summed E-state index contributed by atoms with van der Waals surface area (Å²) in [7, 11) is 1.64.